The molecule has 0 bridgehead atoms. The molecular formula is C25H22N2PS+. The summed E-state index contributed by atoms with van der Waals surface area (Å²) >= 11 is 1.75. The minimum atomic E-state index is -1.81. The van der Waals surface area contributed by atoms with Gasteiger partial charge < -0.3 is 0 Å². The minimum Gasteiger partial charge on any atom is -0.287 e. The zero-order valence-electron chi connectivity index (χ0n) is 16.5. The molecule has 142 valence electrons. The van der Waals surface area contributed by atoms with Gasteiger partial charge in [0.15, 0.2) is 0 Å². The smallest absolute Gasteiger partial charge is 0.120 e. The topological polar surface area (TPSA) is 17.3 Å². The van der Waals surface area contributed by atoms with Crippen molar-refractivity contribution in [3.8, 4) is 11.3 Å². The van der Waals surface area contributed by atoms with Crippen molar-refractivity contribution < 1.29 is 0 Å². The summed E-state index contributed by atoms with van der Waals surface area (Å²) in [5.74, 6) is 1.03. The van der Waals surface area contributed by atoms with E-state index in [9.17, 15) is 0 Å². The number of benzene rings is 3. The minimum absolute atomic E-state index is 1.03. The largest absolute Gasteiger partial charge is 0.287 e. The Kier molecular flexibility index (Phi) is 4.58. The van der Waals surface area contributed by atoms with E-state index in [0.717, 1.165) is 5.82 Å². The van der Waals surface area contributed by atoms with Gasteiger partial charge >= 0.3 is 0 Å². The molecule has 5 rings (SSSR count). The summed E-state index contributed by atoms with van der Waals surface area (Å²) in [6.45, 7) is 4.52. The fraction of sp³-hybridized carbons (Fsp3) is 0.0800. The Morgan fingerprint density at radius 1 is 0.793 bits per heavy atom. The Morgan fingerprint density at radius 2 is 1.38 bits per heavy atom. The summed E-state index contributed by atoms with van der Waals surface area (Å²) in [6.07, 6.45) is 1.97. The molecule has 5 aromatic rings. The number of hydrogen-bond donors (Lipinski definition) is 0. The van der Waals surface area contributed by atoms with Gasteiger partial charge in [0.1, 0.15) is 33.8 Å². The van der Waals surface area contributed by atoms with E-state index < -0.39 is 7.26 Å². The molecule has 3 aromatic carbocycles. The fourth-order valence-corrected chi connectivity index (χ4v) is 8.47. The van der Waals surface area contributed by atoms with Crippen molar-refractivity contribution in [2.75, 3.05) is 6.66 Å². The third-order valence-electron chi connectivity index (χ3n) is 5.65. The first-order valence-electron chi connectivity index (χ1n) is 9.69. The van der Waals surface area contributed by atoms with Crippen molar-refractivity contribution in [1.29, 1.82) is 0 Å². The lowest BCUT2D eigenvalue weighted by Crippen LogP contribution is -2.31. The normalized spacial score (nSPS) is 11.8. The number of thiazole rings is 1. The van der Waals surface area contributed by atoms with Crippen molar-refractivity contribution in [2.24, 2.45) is 0 Å². The highest BCUT2D eigenvalue weighted by Crippen LogP contribution is 2.53. The van der Waals surface area contributed by atoms with Crippen LogP contribution in [0.4, 0.5) is 0 Å². The van der Waals surface area contributed by atoms with Crippen LogP contribution in [0.1, 0.15) is 5.82 Å². The summed E-state index contributed by atoms with van der Waals surface area (Å²) in [6, 6.07) is 30.8. The molecule has 0 N–H and O–H groups in total. The fourth-order valence-electron chi connectivity index (χ4n) is 4.11. The molecule has 0 aliphatic heterocycles. The summed E-state index contributed by atoms with van der Waals surface area (Å²) in [4.78, 5) is 5.72. The molecule has 0 saturated heterocycles. The zero-order valence-corrected chi connectivity index (χ0v) is 18.2. The maximum atomic E-state index is 4.53. The van der Waals surface area contributed by atoms with E-state index >= 15 is 0 Å². The Morgan fingerprint density at radius 3 is 2.03 bits per heavy atom. The highest BCUT2D eigenvalue weighted by molar-refractivity contribution is 7.95. The Labute approximate surface area is 175 Å². The van der Waals surface area contributed by atoms with Gasteiger partial charge in [-0.05, 0) is 43.3 Å². The Hall–Kier alpha value is -2.74. The van der Waals surface area contributed by atoms with Crippen LogP contribution in [0.25, 0.3) is 16.1 Å². The van der Waals surface area contributed by atoms with Gasteiger partial charge in [0.2, 0.25) is 0 Å². The molecule has 0 atom stereocenters. The summed E-state index contributed by atoms with van der Waals surface area (Å²) in [7, 11) is -1.81. The number of fused-ring (bicyclic) bond motifs is 1. The molecule has 0 fully saturated rings. The van der Waals surface area contributed by atoms with Crippen molar-refractivity contribution in [3.63, 3.8) is 0 Å². The second kappa shape index (κ2) is 7.26. The molecule has 2 heterocycles. The molecule has 0 unspecified atom stereocenters. The number of aryl methyl sites for hydroxylation is 1. The molecule has 2 aromatic heterocycles. The molecule has 0 radical (unpaired) electrons. The zero-order chi connectivity index (χ0) is 19.8. The first-order chi connectivity index (χ1) is 14.2. The SMILES string of the molecule is Cc1ncc2scc(-c3ccccc3[P+](C)(c3ccccc3)c3ccccc3)n12. The van der Waals surface area contributed by atoms with Crippen molar-refractivity contribution in [1.82, 2.24) is 9.38 Å². The van der Waals surface area contributed by atoms with E-state index in [-0.39, 0.29) is 0 Å². The number of imidazole rings is 1. The highest BCUT2D eigenvalue weighted by atomic mass is 32.1. The molecule has 0 spiro atoms. The standard InChI is InChI=1S/C25H22N2PS/c1-19-26-17-25-27(19)23(18-29-25)22-15-9-10-16-24(22)28(2,20-11-5-3-6-12-20)21-13-7-4-8-14-21/h3-18H,1-2H3/q+1. The monoisotopic (exact) mass is 413 g/mol. The van der Waals surface area contributed by atoms with E-state index in [1.807, 2.05) is 6.20 Å². The van der Waals surface area contributed by atoms with Crippen molar-refractivity contribution in [3.05, 3.63) is 102 Å². The van der Waals surface area contributed by atoms with Crippen molar-refractivity contribution in [2.45, 2.75) is 6.92 Å². The number of nitrogens with zero attached hydrogens (tertiary/aromatic N) is 2. The van der Waals surface area contributed by atoms with Gasteiger partial charge in [-0.3, -0.25) is 4.40 Å². The maximum absolute atomic E-state index is 4.53. The van der Waals surface area contributed by atoms with E-state index in [0.29, 0.717) is 0 Å². The quantitative estimate of drug-likeness (QED) is 0.366. The first kappa shape index (κ1) is 18.3. The second-order valence-corrected chi connectivity index (χ2v) is 11.7. The number of rotatable bonds is 4. The average molecular weight is 414 g/mol. The van der Waals surface area contributed by atoms with E-state index in [1.165, 1.54) is 32.0 Å². The second-order valence-electron chi connectivity index (χ2n) is 7.29. The van der Waals surface area contributed by atoms with Gasteiger partial charge in [0.25, 0.3) is 0 Å². The molecule has 0 aliphatic carbocycles. The van der Waals surface area contributed by atoms with Crippen LogP contribution < -0.4 is 15.9 Å². The highest BCUT2D eigenvalue weighted by Gasteiger charge is 2.42. The van der Waals surface area contributed by atoms with E-state index in [2.05, 4.69) is 113 Å². The lowest BCUT2D eigenvalue weighted by molar-refractivity contribution is 1.06. The van der Waals surface area contributed by atoms with Crippen molar-refractivity contribution >= 4 is 39.3 Å². The summed E-state index contributed by atoms with van der Waals surface area (Å²) in [5.41, 5.74) is 2.53. The maximum Gasteiger partial charge on any atom is 0.120 e. The van der Waals surface area contributed by atoms with Gasteiger partial charge in [0, 0.05) is 10.9 Å². The van der Waals surface area contributed by atoms with Crippen LogP contribution in [0.15, 0.2) is 96.5 Å². The lowest BCUT2D eigenvalue weighted by Gasteiger charge is -2.25. The summed E-state index contributed by atoms with van der Waals surface area (Å²) in [5, 5.41) is 6.47. The van der Waals surface area contributed by atoms with E-state index in [4.69, 9.17) is 0 Å². The van der Waals surface area contributed by atoms with Gasteiger partial charge in [0.05, 0.1) is 18.6 Å². The van der Waals surface area contributed by atoms with Crippen LogP contribution >= 0.6 is 18.6 Å². The number of aromatic nitrogens is 2. The van der Waals surface area contributed by atoms with Crippen LogP contribution in [0.3, 0.4) is 0 Å². The molecule has 4 heteroatoms. The Bertz CT molecular complexity index is 1230. The third-order valence-corrected chi connectivity index (χ3v) is 10.5. The predicted molar refractivity (Wildman–Crippen MR) is 128 cm³/mol. The van der Waals surface area contributed by atoms with Gasteiger partial charge in [-0.25, -0.2) is 4.98 Å². The predicted octanol–water partition coefficient (Wildman–Crippen LogP) is 5.29. The van der Waals surface area contributed by atoms with Crippen LogP contribution in [-0.4, -0.2) is 16.0 Å². The molecule has 0 amide bonds. The van der Waals surface area contributed by atoms with Gasteiger partial charge in [-0.15, -0.1) is 11.3 Å². The van der Waals surface area contributed by atoms with Crippen LogP contribution in [0.2, 0.25) is 0 Å². The Balaban J connectivity index is 1.83. The van der Waals surface area contributed by atoms with E-state index in [1.54, 1.807) is 11.3 Å². The summed E-state index contributed by atoms with van der Waals surface area (Å²) < 4.78 is 2.28. The molecule has 0 saturated carbocycles. The van der Waals surface area contributed by atoms with Crippen LogP contribution in [-0.2, 0) is 0 Å². The lowest BCUT2D eigenvalue weighted by atomic mass is 10.2. The first-order valence-corrected chi connectivity index (χ1v) is 12.8. The van der Waals surface area contributed by atoms with Gasteiger partial charge in [-0.2, -0.15) is 0 Å². The average Bonchev–Trinajstić information content (AvgIpc) is 3.37. The molecule has 0 aliphatic rings. The van der Waals surface area contributed by atoms with Crippen LogP contribution in [0.5, 0.6) is 0 Å². The van der Waals surface area contributed by atoms with Gasteiger partial charge in [-0.1, -0.05) is 48.5 Å². The molecule has 29 heavy (non-hydrogen) atoms. The third kappa shape index (κ3) is 2.93. The van der Waals surface area contributed by atoms with Crippen LogP contribution in [0, 0.1) is 6.92 Å². The number of hydrogen-bond acceptors (Lipinski definition) is 2. The molecule has 2 nitrogen and oxygen atoms in total. The molecular weight excluding hydrogens is 391 g/mol.